The van der Waals surface area contributed by atoms with E-state index in [0.717, 1.165) is 14.7 Å². The van der Waals surface area contributed by atoms with E-state index in [-0.39, 0.29) is 18.0 Å². The number of nitrogens with one attached hydrogen (secondary N) is 1. The Balaban J connectivity index is 1.42. The molecule has 6 nitrogen and oxygen atoms in total. The van der Waals surface area contributed by atoms with Crippen molar-refractivity contribution in [2.24, 2.45) is 0 Å². The third kappa shape index (κ3) is 7.74. The predicted molar refractivity (Wildman–Crippen MR) is 161 cm³/mol. The summed E-state index contributed by atoms with van der Waals surface area (Å²) in [6, 6.07) is 25.7. The number of ether oxygens (including phenoxy) is 3. The van der Waals surface area contributed by atoms with Gasteiger partial charge in [0.25, 0.3) is 5.91 Å². The van der Waals surface area contributed by atoms with Crippen LogP contribution < -0.4 is 19.5 Å². The zero-order valence-corrected chi connectivity index (χ0v) is 24.2. The highest BCUT2D eigenvalue weighted by atomic mass is 127. The fourth-order valence-electron chi connectivity index (χ4n) is 3.62. The highest BCUT2D eigenvalue weighted by Crippen LogP contribution is 2.35. The summed E-state index contributed by atoms with van der Waals surface area (Å²) >= 11 is 8.26. The monoisotopic (exact) mass is 668 g/mol. The van der Waals surface area contributed by atoms with Gasteiger partial charge in [0.1, 0.15) is 36.4 Å². The van der Waals surface area contributed by atoms with Crippen LogP contribution in [0.2, 0.25) is 5.02 Å². The molecular formula is C31H23ClFIN2O4. The first kappa shape index (κ1) is 28.9. The maximum Gasteiger partial charge on any atom is 0.266 e. The summed E-state index contributed by atoms with van der Waals surface area (Å²) in [5.41, 5.74) is 2.67. The van der Waals surface area contributed by atoms with E-state index in [1.165, 1.54) is 25.3 Å². The van der Waals surface area contributed by atoms with E-state index in [1.807, 2.05) is 24.3 Å². The molecule has 1 N–H and O–H groups in total. The molecule has 1 amide bonds. The lowest BCUT2D eigenvalue weighted by Gasteiger charge is -2.14. The van der Waals surface area contributed by atoms with Crippen molar-refractivity contribution in [2.45, 2.75) is 13.2 Å². The van der Waals surface area contributed by atoms with E-state index in [9.17, 15) is 14.4 Å². The molecule has 40 heavy (non-hydrogen) atoms. The number of carbonyl (C=O) groups is 1. The average molecular weight is 669 g/mol. The molecule has 4 aromatic rings. The Morgan fingerprint density at radius 1 is 1.02 bits per heavy atom. The fourth-order valence-corrected chi connectivity index (χ4v) is 4.60. The molecule has 0 aromatic heterocycles. The van der Waals surface area contributed by atoms with Crippen molar-refractivity contribution in [2.75, 3.05) is 12.4 Å². The molecule has 202 valence electrons. The number of amides is 1. The molecule has 0 saturated heterocycles. The second kappa shape index (κ2) is 13.8. The average Bonchev–Trinajstić information content (AvgIpc) is 2.96. The van der Waals surface area contributed by atoms with Gasteiger partial charge < -0.3 is 19.5 Å². The van der Waals surface area contributed by atoms with Crippen LogP contribution in [0.4, 0.5) is 10.1 Å². The van der Waals surface area contributed by atoms with Gasteiger partial charge in [-0.3, -0.25) is 4.79 Å². The maximum absolute atomic E-state index is 13.2. The lowest BCUT2D eigenvalue weighted by atomic mass is 10.1. The molecule has 4 aromatic carbocycles. The second-order valence-electron chi connectivity index (χ2n) is 8.48. The van der Waals surface area contributed by atoms with Gasteiger partial charge in [-0.25, -0.2) is 4.39 Å². The molecule has 0 aliphatic carbocycles. The van der Waals surface area contributed by atoms with Crippen LogP contribution in [-0.2, 0) is 18.0 Å². The summed E-state index contributed by atoms with van der Waals surface area (Å²) in [5, 5.41) is 13.0. The van der Waals surface area contributed by atoms with Gasteiger partial charge in [0.15, 0.2) is 11.5 Å². The van der Waals surface area contributed by atoms with Gasteiger partial charge in [0.2, 0.25) is 0 Å². The van der Waals surface area contributed by atoms with E-state index in [2.05, 4.69) is 27.9 Å². The number of carbonyl (C=O) groups excluding carboxylic acids is 1. The van der Waals surface area contributed by atoms with Crippen LogP contribution in [0, 0.1) is 20.7 Å². The van der Waals surface area contributed by atoms with Crippen molar-refractivity contribution in [3.8, 4) is 23.3 Å². The summed E-state index contributed by atoms with van der Waals surface area (Å²) in [7, 11) is 1.50. The molecule has 0 bridgehead atoms. The van der Waals surface area contributed by atoms with Crippen LogP contribution in [-0.4, -0.2) is 13.0 Å². The van der Waals surface area contributed by atoms with Crippen LogP contribution in [0.3, 0.4) is 0 Å². The van der Waals surface area contributed by atoms with Gasteiger partial charge in [-0.2, -0.15) is 5.26 Å². The van der Waals surface area contributed by atoms with Crippen molar-refractivity contribution < 1.29 is 23.4 Å². The van der Waals surface area contributed by atoms with Gasteiger partial charge >= 0.3 is 0 Å². The Hall–Kier alpha value is -4.07. The van der Waals surface area contributed by atoms with Crippen molar-refractivity contribution in [1.82, 2.24) is 0 Å². The fraction of sp³-hybridized carbons (Fsp3) is 0.0968. The molecule has 0 aliphatic heterocycles. The van der Waals surface area contributed by atoms with Crippen molar-refractivity contribution in [3.05, 3.63) is 122 Å². The third-order valence-electron chi connectivity index (χ3n) is 5.69. The predicted octanol–water partition coefficient (Wildman–Crippen LogP) is 7.80. The van der Waals surface area contributed by atoms with Gasteiger partial charge in [0.05, 0.1) is 10.7 Å². The van der Waals surface area contributed by atoms with Gasteiger partial charge in [-0.1, -0.05) is 41.9 Å². The Morgan fingerprint density at radius 3 is 2.42 bits per heavy atom. The zero-order valence-electron chi connectivity index (χ0n) is 21.3. The first-order chi connectivity index (χ1) is 19.4. The van der Waals surface area contributed by atoms with Gasteiger partial charge in [-0.15, -0.1) is 0 Å². The van der Waals surface area contributed by atoms with E-state index >= 15 is 0 Å². The largest absolute Gasteiger partial charge is 0.493 e. The minimum atomic E-state index is -0.558. The SMILES string of the molecule is COc1cc(/C=C(\C#N)C(=O)Nc2ccc(OCc3ccccc3Cl)cc2)cc(I)c1OCc1ccc(F)cc1. The van der Waals surface area contributed by atoms with E-state index in [4.69, 9.17) is 25.8 Å². The Kier molecular flexibility index (Phi) is 10.00. The summed E-state index contributed by atoms with van der Waals surface area (Å²) in [5.74, 6) is 0.671. The third-order valence-corrected chi connectivity index (χ3v) is 6.86. The molecule has 4 rings (SSSR count). The van der Waals surface area contributed by atoms with Crippen LogP contribution in [0.25, 0.3) is 6.08 Å². The number of hydrogen-bond donors (Lipinski definition) is 1. The van der Waals surface area contributed by atoms with E-state index in [0.29, 0.717) is 40.1 Å². The number of halogens is 3. The lowest BCUT2D eigenvalue weighted by molar-refractivity contribution is -0.112. The molecule has 0 unspecified atom stereocenters. The molecular weight excluding hydrogens is 646 g/mol. The summed E-state index contributed by atoms with van der Waals surface area (Å²) in [4.78, 5) is 12.8. The maximum atomic E-state index is 13.2. The van der Waals surface area contributed by atoms with Crippen LogP contribution in [0.1, 0.15) is 16.7 Å². The number of rotatable bonds is 10. The van der Waals surface area contributed by atoms with Crippen molar-refractivity contribution in [1.29, 1.82) is 5.26 Å². The van der Waals surface area contributed by atoms with Crippen molar-refractivity contribution in [3.63, 3.8) is 0 Å². The van der Waals surface area contributed by atoms with E-state index < -0.39 is 5.91 Å². The standard InChI is InChI=1S/C31H23ClFIN2O4/c1-38-29-16-21(15-28(34)30(29)40-18-20-6-8-24(33)9-7-20)14-23(17-35)31(37)36-25-10-12-26(13-11-25)39-19-22-4-2-3-5-27(22)32/h2-16H,18-19H2,1H3,(H,36,37)/b23-14+. The van der Waals surface area contributed by atoms with Crippen molar-refractivity contribution >= 4 is 51.9 Å². The number of nitrogens with zero attached hydrogens (tertiary/aromatic N) is 1. The van der Waals surface area contributed by atoms with Gasteiger partial charge in [0, 0.05) is 16.3 Å². The molecule has 0 atom stereocenters. The van der Waals surface area contributed by atoms with Crippen LogP contribution in [0.5, 0.6) is 17.2 Å². The topological polar surface area (TPSA) is 80.6 Å². The Labute approximate surface area is 250 Å². The highest BCUT2D eigenvalue weighted by molar-refractivity contribution is 14.1. The Bertz CT molecular complexity index is 1570. The second-order valence-corrected chi connectivity index (χ2v) is 10.0. The minimum Gasteiger partial charge on any atom is -0.493 e. The molecule has 0 aliphatic rings. The number of hydrogen-bond acceptors (Lipinski definition) is 5. The Morgan fingerprint density at radius 2 is 1.75 bits per heavy atom. The summed E-state index contributed by atoms with van der Waals surface area (Å²) in [6.45, 7) is 0.530. The van der Waals surface area contributed by atoms with E-state index in [1.54, 1.807) is 54.6 Å². The molecule has 0 heterocycles. The smallest absolute Gasteiger partial charge is 0.266 e. The quantitative estimate of drug-likeness (QED) is 0.106. The van der Waals surface area contributed by atoms with Crippen LogP contribution in [0.15, 0.2) is 90.5 Å². The first-order valence-corrected chi connectivity index (χ1v) is 13.5. The summed E-state index contributed by atoms with van der Waals surface area (Å²) in [6.07, 6.45) is 1.48. The zero-order chi connectivity index (χ0) is 28.5. The summed E-state index contributed by atoms with van der Waals surface area (Å²) < 4.78 is 31.1. The molecule has 0 saturated carbocycles. The molecule has 0 fully saturated rings. The molecule has 0 spiro atoms. The first-order valence-electron chi connectivity index (χ1n) is 12.0. The number of nitriles is 1. The minimum absolute atomic E-state index is 0.0862. The molecule has 0 radical (unpaired) electrons. The number of benzene rings is 4. The lowest BCUT2D eigenvalue weighted by Crippen LogP contribution is -2.13. The van der Waals surface area contributed by atoms with Gasteiger partial charge in [-0.05, 0) is 94.4 Å². The molecule has 9 heteroatoms. The normalized spacial score (nSPS) is 10.9. The number of methoxy groups -OCH3 is 1. The highest BCUT2D eigenvalue weighted by Gasteiger charge is 2.15. The van der Waals surface area contributed by atoms with Crippen LogP contribution >= 0.6 is 34.2 Å². The number of anilines is 1.